The first-order valence-corrected chi connectivity index (χ1v) is 8.63. The van der Waals surface area contributed by atoms with Crippen LogP contribution in [0.4, 0.5) is 10.1 Å². The minimum absolute atomic E-state index is 0.138. The summed E-state index contributed by atoms with van der Waals surface area (Å²) in [5.41, 5.74) is 0.441. The molecule has 0 aliphatic carbocycles. The van der Waals surface area contributed by atoms with Gasteiger partial charge in [-0.2, -0.15) is 0 Å². The number of amides is 3. The molecule has 0 saturated carbocycles. The Morgan fingerprint density at radius 1 is 1.18 bits per heavy atom. The van der Waals surface area contributed by atoms with E-state index in [0.717, 1.165) is 6.07 Å². The minimum Gasteiger partial charge on any atom is -0.348 e. The number of nitrogens with zero attached hydrogens (tertiary/aromatic N) is 1. The van der Waals surface area contributed by atoms with E-state index >= 15 is 0 Å². The van der Waals surface area contributed by atoms with Crippen LogP contribution in [0.1, 0.15) is 5.69 Å². The maximum Gasteiger partial charge on any atom is 0.313 e. The fourth-order valence-electron chi connectivity index (χ4n) is 2.18. The SMILES string of the molecule is O=C(CNC(=O)C(=O)Nc1ccccc1F)NC(Cc1cnc[nH]1)C(=O)CCl. The molecule has 0 radical (unpaired) electrons. The number of imidazole rings is 1. The van der Waals surface area contributed by atoms with Crippen LogP contribution in [0.25, 0.3) is 0 Å². The summed E-state index contributed by atoms with van der Waals surface area (Å²) in [5, 5.41) is 6.62. The first-order valence-electron chi connectivity index (χ1n) is 8.09. The van der Waals surface area contributed by atoms with E-state index in [4.69, 9.17) is 11.6 Å². The maximum absolute atomic E-state index is 13.5. The van der Waals surface area contributed by atoms with Crippen molar-refractivity contribution in [3.8, 4) is 0 Å². The first-order chi connectivity index (χ1) is 13.4. The van der Waals surface area contributed by atoms with Crippen molar-refractivity contribution >= 4 is 40.8 Å². The highest BCUT2D eigenvalue weighted by molar-refractivity contribution is 6.39. The number of carbonyl (C=O) groups excluding carboxylic acids is 4. The standard InChI is InChI=1S/C17H17ClFN5O4/c18-6-14(25)13(5-10-7-20-9-22-10)23-15(26)8-21-16(27)17(28)24-12-4-2-1-3-11(12)19/h1-4,7,9,13H,5-6,8H2,(H,20,22)(H,21,27)(H,23,26)(H,24,28). The van der Waals surface area contributed by atoms with Crippen molar-refractivity contribution in [3.05, 3.63) is 48.3 Å². The highest BCUT2D eigenvalue weighted by Crippen LogP contribution is 2.11. The summed E-state index contributed by atoms with van der Waals surface area (Å²) < 4.78 is 13.5. The van der Waals surface area contributed by atoms with Gasteiger partial charge in [0.2, 0.25) is 5.91 Å². The van der Waals surface area contributed by atoms with E-state index in [1.807, 2.05) is 0 Å². The van der Waals surface area contributed by atoms with Crippen molar-refractivity contribution in [2.24, 2.45) is 0 Å². The lowest BCUT2D eigenvalue weighted by Crippen LogP contribution is -2.48. The van der Waals surface area contributed by atoms with Gasteiger partial charge in [0, 0.05) is 18.3 Å². The zero-order valence-electron chi connectivity index (χ0n) is 14.5. The van der Waals surface area contributed by atoms with Gasteiger partial charge in [0.25, 0.3) is 0 Å². The maximum atomic E-state index is 13.5. The summed E-state index contributed by atoms with van der Waals surface area (Å²) in [6, 6.07) is 4.39. The highest BCUT2D eigenvalue weighted by Gasteiger charge is 2.22. The molecule has 1 heterocycles. The Morgan fingerprint density at radius 2 is 1.93 bits per heavy atom. The van der Waals surface area contributed by atoms with Gasteiger partial charge < -0.3 is 20.9 Å². The molecule has 2 aromatic rings. The molecule has 0 saturated heterocycles. The lowest BCUT2D eigenvalue weighted by atomic mass is 10.1. The van der Waals surface area contributed by atoms with Gasteiger partial charge in [-0.25, -0.2) is 9.37 Å². The molecule has 0 fully saturated rings. The van der Waals surface area contributed by atoms with Crippen molar-refractivity contribution < 1.29 is 23.6 Å². The van der Waals surface area contributed by atoms with E-state index < -0.39 is 41.9 Å². The van der Waals surface area contributed by atoms with Gasteiger partial charge in [-0.05, 0) is 12.1 Å². The highest BCUT2D eigenvalue weighted by atomic mass is 35.5. The van der Waals surface area contributed by atoms with Gasteiger partial charge in [0.1, 0.15) is 5.82 Å². The summed E-state index contributed by atoms with van der Waals surface area (Å²) in [7, 11) is 0. The number of halogens is 2. The number of nitrogens with one attached hydrogen (secondary N) is 4. The first kappa shape index (κ1) is 21.0. The van der Waals surface area contributed by atoms with Crippen LogP contribution in [0.15, 0.2) is 36.8 Å². The fraction of sp³-hybridized carbons (Fsp3) is 0.235. The minimum atomic E-state index is -1.14. The van der Waals surface area contributed by atoms with Crippen molar-refractivity contribution in [1.82, 2.24) is 20.6 Å². The van der Waals surface area contributed by atoms with E-state index in [2.05, 4.69) is 25.9 Å². The lowest BCUT2D eigenvalue weighted by Gasteiger charge is -2.16. The van der Waals surface area contributed by atoms with Crippen LogP contribution in [0.3, 0.4) is 0 Å². The number of alkyl halides is 1. The molecule has 148 valence electrons. The summed E-state index contributed by atoms with van der Waals surface area (Å²) in [4.78, 5) is 54.0. The molecule has 28 heavy (non-hydrogen) atoms. The molecule has 11 heteroatoms. The number of Topliss-reactive ketones (excluding diaryl/α,β-unsaturated/α-hetero) is 1. The van der Waals surface area contributed by atoms with Gasteiger partial charge in [-0.15, -0.1) is 11.6 Å². The third-order valence-corrected chi connectivity index (χ3v) is 3.84. The van der Waals surface area contributed by atoms with Crippen LogP contribution in [-0.2, 0) is 25.6 Å². The summed E-state index contributed by atoms with van der Waals surface area (Å²) in [6.45, 7) is -0.557. The number of aromatic amines is 1. The molecule has 1 aromatic carbocycles. The summed E-state index contributed by atoms with van der Waals surface area (Å²) in [5.74, 6) is -4.40. The van der Waals surface area contributed by atoms with E-state index in [1.165, 1.54) is 30.7 Å². The monoisotopic (exact) mass is 409 g/mol. The molecule has 9 nitrogen and oxygen atoms in total. The van der Waals surface area contributed by atoms with Crippen LogP contribution in [0, 0.1) is 5.82 Å². The molecule has 1 unspecified atom stereocenters. The Kier molecular flexibility index (Phi) is 7.64. The molecule has 4 N–H and O–H groups in total. The van der Waals surface area contributed by atoms with Crippen LogP contribution in [0.5, 0.6) is 0 Å². The van der Waals surface area contributed by atoms with Crippen molar-refractivity contribution in [1.29, 1.82) is 0 Å². The number of benzene rings is 1. The Bertz CT molecular complexity index is 859. The predicted molar refractivity (Wildman–Crippen MR) is 98.0 cm³/mol. The van der Waals surface area contributed by atoms with Crippen molar-refractivity contribution in [2.75, 3.05) is 17.7 Å². The van der Waals surface area contributed by atoms with E-state index in [9.17, 15) is 23.6 Å². The number of ketones is 1. The number of anilines is 1. The van der Waals surface area contributed by atoms with E-state index in [-0.39, 0.29) is 18.0 Å². The van der Waals surface area contributed by atoms with E-state index in [1.54, 1.807) is 0 Å². The fourth-order valence-corrected chi connectivity index (χ4v) is 2.37. The molecule has 0 spiro atoms. The summed E-state index contributed by atoms with van der Waals surface area (Å²) in [6.07, 6.45) is 3.06. The van der Waals surface area contributed by atoms with Crippen LogP contribution < -0.4 is 16.0 Å². The van der Waals surface area contributed by atoms with Gasteiger partial charge in [-0.3, -0.25) is 19.2 Å². The number of hydrogen-bond donors (Lipinski definition) is 4. The Balaban J connectivity index is 1.85. The number of rotatable bonds is 8. The smallest absolute Gasteiger partial charge is 0.313 e. The van der Waals surface area contributed by atoms with Crippen molar-refractivity contribution in [2.45, 2.75) is 12.5 Å². The predicted octanol–water partition coefficient (Wildman–Crippen LogP) is 0.139. The largest absolute Gasteiger partial charge is 0.348 e. The number of para-hydroxylation sites is 1. The molecule has 0 bridgehead atoms. The van der Waals surface area contributed by atoms with Crippen LogP contribution >= 0.6 is 11.6 Å². The number of hydrogen-bond acceptors (Lipinski definition) is 5. The Labute approximate surface area is 164 Å². The quantitative estimate of drug-likeness (QED) is 0.363. The van der Waals surface area contributed by atoms with Crippen LogP contribution in [-0.4, -0.2) is 51.9 Å². The average molecular weight is 410 g/mol. The molecule has 0 aliphatic heterocycles. The third-order valence-electron chi connectivity index (χ3n) is 3.57. The molecular weight excluding hydrogens is 393 g/mol. The number of carbonyl (C=O) groups is 4. The normalized spacial score (nSPS) is 11.4. The lowest BCUT2D eigenvalue weighted by molar-refractivity contribution is -0.137. The zero-order chi connectivity index (χ0) is 20.5. The van der Waals surface area contributed by atoms with Gasteiger partial charge in [0.05, 0.1) is 30.5 Å². The van der Waals surface area contributed by atoms with E-state index in [0.29, 0.717) is 5.69 Å². The van der Waals surface area contributed by atoms with Gasteiger partial charge in [-0.1, -0.05) is 12.1 Å². The van der Waals surface area contributed by atoms with Gasteiger partial charge >= 0.3 is 11.8 Å². The molecule has 1 atom stereocenters. The Morgan fingerprint density at radius 3 is 2.57 bits per heavy atom. The van der Waals surface area contributed by atoms with Crippen molar-refractivity contribution in [3.63, 3.8) is 0 Å². The number of aromatic nitrogens is 2. The average Bonchev–Trinajstić information content (AvgIpc) is 3.19. The molecule has 1 aromatic heterocycles. The summed E-state index contributed by atoms with van der Waals surface area (Å²) >= 11 is 5.55. The molecular formula is C17H17ClFN5O4. The third kappa shape index (κ3) is 6.16. The number of H-pyrrole nitrogens is 1. The molecule has 3 amide bonds. The molecule has 2 rings (SSSR count). The second-order valence-corrected chi connectivity index (χ2v) is 5.88. The second-order valence-electron chi connectivity index (χ2n) is 5.62. The van der Waals surface area contributed by atoms with Crippen LogP contribution in [0.2, 0.25) is 0 Å². The zero-order valence-corrected chi connectivity index (χ0v) is 15.3. The topological polar surface area (TPSA) is 133 Å². The Hall–Kier alpha value is -3.27. The molecule has 0 aliphatic rings. The second kappa shape index (κ2) is 10.2. The van der Waals surface area contributed by atoms with Gasteiger partial charge in [0.15, 0.2) is 5.78 Å².